The van der Waals surface area contributed by atoms with Crippen molar-refractivity contribution in [2.45, 2.75) is 46.1 Å². The Kier molecular flexibility index (Phi) is 6.77. The number of hydrogen-bond acceptors (Lipinski definition) is 5. The van der Waals surface area contributed by atoms with Crippen molar-refractivity contribution in [2.75, 3.05) is 11.9 Å². The molecule has 5 nitrogen and oxygen atoms in total. The molecule has 1 atom stereocenters. The van der Waals surface area contributed by atoms with E-state index in [1.54, 1.807) is 6.92 Å². The molecule has 0 bridgehead atoms. The normalized spacial score (nSPS) is 12.3. The Morgan fingerprint density at radius 1 is 1.07 bits per heavy atom. The molecular weight excluding hydrogens is 396 g/mol. The lowest BCUT2D eigenvalue weighted by Gasteiger charge is -2.20. The van der Waals surface area contributed by atoms with Gasteiger partial charge in [-0.15, -0.1) is 11.3 Å². The summed E-state index contributed by atoms with van der Waals surface area (Å²) in [5, 5.41) is 5.30. The zero-order valence-corrected chi connectivity index (χ0v) is 18.9. The summed E-state index contributed by atoms with van der Waals surface area (Å²) in [6.07, 6.45) is -0.636. The molecule has 0 fully saturated rings. The molecule has 3 rings (SSSR count). The number of nitrogens with zero attached hydrogens (tertiary/aromatic N) is 1. The second kappa shape index (κ2) is 9.30. The number of rotatable bonds is 7. The Morgan fingerprint density at radius 3 is 2.30 bits per heavy atom. The average Bonchev–Trinajstić information content (AvgIpc) is 3.17. The first-order chi connectivity index (χ1) is 14.3. The maximum Gasteiger partial charge on any atom is 0.266 e. The minimum atomic E-state index is -0.636. The third-order valence-electron chi connectivity index (χ3n) is 4.60. The largest absolute Gasteiger partial charge is 0.494 e. The second-order valence-corrected chi connectivity index (χ2v) is 8.88. The van der Waals surface area contributed by atoms with E-state index >= 15 is 0 Å². The molecule has 1 aromatic heterocycles. The van der Waals surface area contributed by atoms with Gasteiger partial charge in [0.2, 0.25) is 0 Å². The van der Waals surface area contributed by atoms with E-state index in [-0.39, 0.29) is 11.3 Å². The highest BCUT2D eigenvalue weighted by Crippen LogP contribution is 2.27. The van der Waals surface area contributed by atoms with Gasteiger partial charge in [0.25, 0.3) is 5.91 Å². The number of ether oxygens (including phenoxy) is 2. The zero-order valence-electron chi connectivity index (χ0n) is 18.1. The van der Waals surface area contributed by atoms with Gasteiger partial charge < -0.3 is 9.47 Å². The maximum atomic E-state index is 12.5. The molecule has 6 heteroatoms. The highest BCUT2D eigenvalue weighted by atomic mass is 32.1. The number of nitrogens with one attached hydrogen (secondary N) is 1. The van der Waals surface area contributed by atoms with Crippen molar-refractivity contribution in [3.8, 4) is 22.8 Å². The van der Waals surface area contributed by atoms with Crippen molar-refractivity contribution < 1.29 is 14.3 Å². The van der Waals surface area contributed by atoms with Gasteiger partial charge in [0.15, 0.2) is 11.2 Å². The third-order valence-corrected chi connectivity index (χ3v) is 5.36. The molecule has 0 saturated heterocycles. The molecule has 1 heterocycles. The minimum Gasteiger partial charge on any atom is -0.494 e. The second-order valence-electron chi connectivity index (χ2n) is 8.02. The molecule has 0 aliphatic heterocycles. The number of benzene rings is 2. The van der Waals surface area contributed by atoms with Crippen LogP contribution in [-0.2, 0) is 10.2 Å². The van der Waals surface area contributed by atoms with Crippen molar-refractivity contribution in [1.29, 1.82) is 0 Å². The fourth-order valence-corrected chi connectivity index (χ4v) is 3.57. The van der Waals surface area contributed by atoms with Crippen LogP contribution in [0.3, 0.4) is 0 Å². The van der Waals surface area contributed by atoms with Gasteiger partial charge in [-0.1, -0.05) is 32.9 Å². The van der Waals surface area contributed by atoms with Gasteiger partial charge in [-0.05, 0) is 61.2 Å². The molecule has 3 aromatic rings. The van der Waals surface area contributed by atoms with Gasteiger partial charge in [-0.25, -0.2) is 4.98 Å². The molecule has 0 radical (unpaired) electrons. The lowest BCUT2D eigenvalue weighted by atomic mass is 9.87. The zero-order chi connectivity index (χ0) is 21.7. The predicted molar refractivity (Wildman–Crippen MR) is 123 cm³/mol. The van der Waals surface area contributed by atoms with Crippen LogP contribution in [0.25, 0.3) is 11.3 Å². The molecule has 0 aliphatic carbocycles. The summed E-state index contributed by atoms with van der Waals surface area (Å²) in [6.45, 7) is 10.8. The number of aromatic nitrogens is 1. The molecule has 0 spiro atoms. The molecular formula is C24H28N2O3S. The summed E-state index contributed by atoms with van der Waals surface area (Å²) < 4.78 is 11.3. The Balaban J connectivity index is 1.59. The van der Waals surface area contributed by atoms with Crippen LogP contribution in [0.1, 0.15) is 40.2 Å². The van der Waals surface area contributed by atoms with Crippen LogP contribution in [-0.4, -0.2) is 23.6 Å². The smallest absolute Gasteiger partial charge is 0.266 e. The third kappa shape index (κ3) is 5.60. The predicted octanol–water partition coefficient (Wildman–Crippen LogP) is 5.91. The van der Waals surface area contributed by atoms with Gasteiger partial charge >= 0.3 is 0 Å². The molecule has 1 amide bonds. The Labute approximate surface area is 182 Å². The maximum absolute atomic E-state index is 12.5. The molecule has 1 unspecified atom stereocenters. The number of thiazole rings is 1. The van der Waals surface area contributed by atoms with E-state index < -0.39 is 6.10 Å². The van der Waals surface area contributed by atoms with Crippen molar-refractivity contribution in [1.82, 2.24) is 4.98 Å². The van der Waals surface area contributed by atoms with Crippen molar-refractivity contribution >= 4 is 22.4 Å². The Hall–Kier alpha value is -2.86. The first-order valence-corrected chi connectivity index (χ1v) is 10.9. The standard InChI is InChI=1S/C24H28N2O3S/c1-6-28-19-11-7-17(8-12-19)21-15-30-23(25-21)26-22(27)16(2)29-20-13-9-18(10-14-20)24(3,4)5/h7-16H,6H2,1-5H3,(H,25,26,27). The summed E-state index contributed by atoms with van der Waals surface area (Å²) in [6, 6.07) is 15.6. The summed E-state index contributed by atoms with van der Waals surface area (Å²) in [5.74, 6) is 1.26. The van der Waals surface area contributed by atoms with Crippen LogP contribution in [0.4, 0.5) is 5.13 Å². The van der Waals surface area contributed by atoms with E-state index in [1.807, 2.05) is 60.8 Å². The van der Waals surface area contributed by atoms with Gasteiger partial charge in [0, 0.05) is 10.9 Å². The molecule has 2 aromatic carbocycles. The fraction of sp³-hybridized carbons (Fsp3) is 0.333. The first kappa shape index (κ1) is 21.8. The SMILES string of the molecule is CCOc1ccc(-c2csc(NC(=O)C(C)Oc3ccc(C(C)(C)C)cc3)n2)cc1. The highest BCUT2D eigenvalue weighted by Gasteiger charge is 2.18. The molecule has 30 heavy (non-hydrogen) atoms. The Morgan fingerprint density at radius 2 is 1.70 bits per heavy atom. The first-order valence-electron chi connectivity index (χ1n) is 10.0. The number of hydrogen-bond donors (Lipinski definition) is 1. The van der Waals surface area contributed by atoms with Crippen LogP contribution in [0.15, 0.2) is 53.9 Å². The van der Waals surface area contributed by atoms with Gasteiger partial charge in [0.05, 0.1) is 12.3 Å². The number of anilines is 1. The van der Waals surface area contributed by atoms with Crippen LogP contribution in [0, 0.1) is 0 Å². The topological polar surface area (TPSA) is 60.5 Å². The summed E-state index contributed by atoms with van der Waals surface area (Å²) in [4.78, 5) is 17.0. The van der Waals surface area contributed by atoms with Gasteiger partial charge in [-0.2, -0.15) is 0 Å². The van der Waals surface area contributed by atoms with E-state index in [0.29, 0.717) is 17.5 Å². The lowest BCUT2D eigenvalue weighted by molar-refractivity contribution is -0.122. The van der Waals surface area contributed by atoms with Crippen LogP contribution < -0.4 is 14.8 Å². The fourth-order valence-electron chi connectivity index (χ4n) is 2.85. The number of carbonyl (C=O) groups is 1. The average molecular weight is 425 g/mol. The van der Waals surface area contributed by atoms with Gasteiger partial charge in [-0.3, -0.25) is 10.1 Å². The lowest BCUT2D eigenvalue weighted by Crippen LogP contribution is -2.30. The van der Waals surface area contributed by atoms with Crippen LogP contribution in [0.5, 0.6) is 11.5 Å². The number of carbonyl (C=O) groups excluding carboxylic acids is 1. The van der Waals surface area contributed by atoms with Crippen LogP contribution >= 0.6 is 11.3 Å². The summed E-state index contributed by atoms with van der Waals surface area (Å²) in [5.41, 5.74) is 3.08. The van der Waals surface area contributed by atoms with Crippen molar-refractivity contribution in [3.05, 3.63) is 59.5 Å². The number of amides is 1. The molecule has 1 N–H and O–H groups in total. The van der Waals surface area contributed by atoms with Crippen molar-refractivity contribution in [2.24, 2.45) is 0 Å². The van der Waals surface area contributed by atoms with E-state index in [1.165, 1.54) is 16.9 Å². The van der Waals surface area contributed by atoms with E-state index in [9.17, 15) is 4.79 Å². The highest BCUT2D eigenvalue weighted by molar-refractivity contribution is 7.14. The minimum absolute atomic E-state index is 0.0768. The Bertz CT molecular complexity index is 973. The molecule has 158 valence electrons. The summed E-state index contributed by atoms with van der Waals surface area (Å²) >= 11 is 1.39. The van der Waals surface area contributed by atoms with Gasteiger partial charge in [0.1, 0.15) is 11.5 Å². The monoisotopic (exact) mass is 424 g/mol. The molecule has 0 saturated carbocycles. The van der Waals surface area contributed by atoms with E-state index in [4.69, 9.17) is 9.47 Å². The molecule has 0 aliphatic rings. The van der Waals surface area contributed by atoms with E-state index in [2.05, 4.69) is 31.1 Å². The van der Waals surface area contributed by atoms with E-state index in [0.717, 1.165) is 17.0 Å². The summed E-state index contributed by atoms with van der Waals surface area (Å²) in [7, 11) is 0. The van der Waals surface area contributed by atoms with Crippen molar-refractivity contribution in [3.63, 3.8) is 0 Å². The van der Waals surface area contributed by atoms with Crippen LogP contribution in [0.2, 0.25) is 0 Å². The quantitative estimate of drug-likeness (QED) is 0.512.